The van der Waals surface area contributed by atoms with E-state index in [2.05, 4.69) is 6.07 Å². The third-order valence-corrected chi connectivity index (χ3v) is 1.65. The lowest BCUT2D eigenvalue weighted by Crippen LogP contribution is -1.90. The zero-order valence-corrected chi connectivity index (χ0v) is 5.05. The minimum absolute atomic E-state index is 0.123. The fourth-order valence-electron chi connectivity index (χ4n) is 1.11. The third kappa shape index (κ3) is 1.01. The molecular weight excluding hydrogens is 114 g/mol. The van der Waals surface area contributed by atoms with Crippen LogP contribution in [0.5, 0.6) is 0 Å². The molecule has 1 saturated carbocycles. The predicted molar refractivity (Wildman–Crippen MR) is 32.2 cm³/mol. The van der Waals surface area contributed by atoms with Crippen molar-refractivity contribution in [3.05, 3.63) is 5.57 Å². The summed E-state index contributed by atoms with van der Waals surface area (Å²) in [7, 11) is 0. The van der Waals surface area contributed by atoms with E-state index in [0.29, 0.717) is 5.57 Å². The van der Waals surface area contributed by atoms with E-state index in [0.717, 1.165) is 19.3 Å². The van der Waals surface area contributed by atoms with Gasteiger partial charge in [0.05, 0.1) is 12.0 Å². The number of nitriles is 1. The van der Waals surface area contributed by atoms with Crippen LogP contribution in [0.1, 0.15) is 19.3 Å². The molecule has 9 heavy (non-hydrogen) atoms. The molecule has 0 amide bonds. The second-order valence-electron chi connectivity index (χ2n) is 2.20. The average Bonchev–Trinajstić information content (AvgIpc) is 2.33. The standard InChI is InChI=1S/C7H7NO/c8-4-6-2-1-3-7(6)5-9/h6H,1-3H2. The molecule has 0 aromatic heterocycles. The largest absolute Gasteiger partial charge is 0.234 e. The van der Waals surface area contributed by atoms with Gasteiger partial charge in [0.2, 0.25) is 0 Å². The lowest BCUT2D eigenvalue weighted by atomic mass is 10.1. The van der Waals surface area contributed by atoms with Gasteiger partial charge in [-0.05, 0) is 19.3 Å². The van der Waals surface area contributed by atoms with E-state index >= 15 is 0 Å². The molecule has 0 heterocycles. The summed E-state index contributed by atoms with van der Waals surface area (Å²) >= 11 is 0. The van der Waals surface area contributed by atoms with Gasteiger partial charge < -0.3 is 0 Å². The van der Waals surface area contributed by atoms with E-state index in [1.807, 2.05) is 5.94 Å². The number of allylic oxidation sites excluding steroid dienone is 1. The molecule has 0 aliphatic heterocycles. The molecule has 0 N–H and O–H groups in total. The van der Waals surface area contributed by atoms with Crippen molar-refractivity contribution in [1.82, 2.24) is 0 Å². The van der Waals surface area contributed by atoms with Crippen molar-refractivity contribution in [1.29, 1.82) is 5.26 Å². The van der Waals surface area contributed by atoms with E-state index in [1.54, 1.807) is 0 Å². The topological polar surface area (TPSA) is 40.9 Å². The Hall–Kier alpha value is -1.06. The normalized spacial score (nSPS) is 25.2. The molecule has 1 atom stereocenters. The van der Waals surface area contributed by atoms with Crippen molar-refractivity contribution in [3.8, 4) is 6.07 Å². The van der Waals surface area contributed by atoms with Crippen molar-refractivity contribution < 1.29 is 4.79 Å². The lowest BCUT2D eigenvalue weighted by molar-refractivity contribution is 0.565. The van der Waals surface area contributed by atoms with Gasteiger partial charge >= 0.3 is 0 Å². The van der Waals surface area contributed by atoms with Gasteiger partial charge in [-0.15, -0.1) is 0 Å². The number of carbonyl (C=O) groups excluding carboxylic acids is 1. The maximum atomic E-state index is 10.1. The highest BCUT2D eigenvalue weighted by molar-refractivity contribution is 5.55. The fourth-order valence-corrected chi connectivity index (χ4v) is 1.11. The van der Waals surface area contributed by atoms with Gasteiger partial charge in [0, 0.05) is 5.57 Å². The van der Waals surface area contributed by atoms with Crippen LogP contribution in [0.4, 0.5) is 0 Å². The SMILES string of the molecule is N#CC1CCCC1=C=O. The maximum Gasteiger partial charge on any atom is 0.124 e. The van der Waals surface area contributed by atoms with E-state index in [9.17, 15) is 4.79 Å². The van der Waals surface area contributed by atoms with Crippen LogP contribution in [0, 0.1) is 17.2 Å². The van der Waals surface area contributed by atoms with Crippen LogP contribution >= 0.6 is 0 Å². The Labute approximate surface area is 53.8 Å². The van der Waals surface area contributed by atoms with Crippen molar-refractivity contribution in [3.63, 3.8) is 0 Å². The first-order valence-electron chi connectivity index (χ1n) is 3.02. The van der Waals surface area contributed by atoms with E-state index in [4.69, 9.17) is 5.26 Å². The second-order valence-corrected chi connectivity index (χ2v) is 2.20. The molecule has 1 rings (SSSR count). The average molecular weight is 121 g/mol. The van der Waals surface area contributed by atoms with Crippen LogP contribution in [0.15, 0.2) is 5.57 Å². The molecule has 0 radical (unpaired) electrons. The van der Waals surface area contributed by atoms with Crippen molar-refractivity contribution >= 4 is 5.94 Å². The molecule has 0 bridgehead atoms. The Morgan fingerprint density at radius 1 is 1.67 bits per heavy atom. The summed E-state index contributed by atoms with van der Waals surface area (Å²) in [5.41, 5.74) is 0.664. The molecule has 0 aromatic carbocycles. The van der Waals surface area contributed by atoms with E-state index in [1.165, 1.54) is 0 Å². The van der Waals surface area contributed by atoms with Crippen LogP contribution in [-0.2, 0) is 4.79 Å². The van der Waals surface area contributed by atoms with Crippen LogP contribution < -0.4 is 0 Å². The van der Waals surface area contributed by atoms with Gasteiger partial charge in [-0.2, -0.15) is 5.26 Å². The summed E-state index contributed by atoms with van der Waals surface area (Å²) in [5.74, 6) is 1.69. The summed E-state index contributed by atoms with van der Waals surface area (Å²) in [4.78, 5) is 10.1. The Bertz CT molecular complexity index is 195. The highest BCUT2D eigenvalue weighted by Crippen LogP contribution is 2.27. The highest BCUT2D eigenvalue weighted by Gasteiger charge is 2.20. The summed E-state index contributed by atoms with van der Waals surface area (Å²) in [6.07, 6.45) is 2.60. The quantitative estimate of drug-likeness (QED) is 0.450. The highest BCUT2D eigenvalue weighted by atomic mass is 16.1. The zero-order chi connectivity index (χ0) is 6.69. The van der Waals surface area contributed by atoms with Gasteiger partial charge in [-0.3, -0.25) is 0 Å². The number of nitrogens with zero attached hydrogens (tertiary/aromatic N) is 1. The molecular formula is C7H7NO. The van der Waals surface area contributed by atoms with Crippen LogP contribution in [0.25, 0.3) is 0 Å². The molecule has 1 aliphatic rings. The Balaban J connectivity index is 2.77. The molecule has 1 unspecified atom stereocenters. The first-order valence-corrected chi connectivity index (χ1v) is 3.02. The second kappa shape index (κ2) is 2.48. The molecule has 1 fully saturated rings. The first kappa shape index (κ1) is 6.07. The Kier molecular flexibility index (Phi) is 1.67. The van der Waals surface area contributed by atoms with Crippen molar-refractivity contribution in [2.75, 3.05) is 0 Å². The summed E-state index contributed by atoms with van der Waals surface area (Å²) in [6, 6.07) is 2.07. The Morgan fingerprint density at radius 2 is 2.44 bits per heavy atom. The van der Waals surface area contributed by atoms with Gasteiger partial charge in [0.25, 0.3) is 0 Å². The van der Waals surface area contributed by atoms with Crippen molar-refractivity contribution in [2.24, 2.45) is 5.92 Å². The van der Waals surface area contributed by atoms with Gasteiger partial charge in [-0.25, -0.2) is 4.79 Å². The van der Waals surface area contributed by atoms with Gasteiger partial charge in [0.15, 0.2) is 0 Å². The lowest BCUT2D eigenvalue weighted by Gasteiger charge is -1.91. The number of rotatable bonds is 0. The van der Waals surface area contributed by atoms with Gasteiger partial charge in [-0.1, -0.05) is 0 Å². The third-order valence-electron chi connectivity index (χ3n) is 1.65. The van der Waals surface area contributed by atoms with E-state index in [-0.39, 0.29) is 5.92 Å². The molecule has 0 spiro atoms. The molecule has 0 aromatic rings. The fraction of sp³-hybridized carbons (Fsp3) is 0.571. The van der Waals surface area contributed by atoms with E-state index < -0.39 is 0 Å². The summed E-state index contributed by atoms with van der Waals surface area (Å²) in [6.45, 7) is 0. The number of hydrogen-bond acceptors (Lipinski definition) is 2. The first-order chi connectivity index (χ1) is 4.38. The molecule has 46 valence electrons. The smallest absolute Gasteiger partial charge is 0.124 e. The summed E-state index contributed by atoms with van der Waals surface area (Å²) in [5, 5.41) is 8.42. The van der Waals surface area contributed by atoms with Crippen LogP contribution in [0.3, 0.4) is 0 Å². The minimum Gasteiger partial charge on any atom is -0.234 e. The summed E-state index contributed by atoms with van der Waals surface area (Å²) < 4.78 is 0. The molecule has 2 nitrogen and oxygen atoms in total. The molecule has 0 saturated heterocycles. The molecule has 1 aliphatic carbocycles. The van der Waals surface area contributed by atoms with Crippen molar-refractivity contribution in [2.45, 2.75) is 19.3 Å². The minimum atomic E-state index is -0.123. The zero-order valence-electron chi connectivity index (χ0n) is 5.05. The Morgan fingerprint density at radius 3 is 2.89 bits per heavy atom. The van der Waals surface area contributed by atoms with Crippen LogP contribution in [-0.4, -0.2) is 5.94 Å². The predicted octanol–water partition coefficient (Wildman–Crippen LogP) is 1.07. The number of hydrogen-bond donors (Lipinski definition) is 0. The van der Waals surface area contributed by atoms with Gasteiger partial charge in [0.1, 0.15) is 5.94 Å². The molecule has 2 heteroatoms. The monoisotopic (exact) mass is 121 g/mol. The maximum absolute atomic E-state index is 10.1. The van der Waals surface area contributed by atoms with Crippen LogP contribution in [0.2, 0.25) is 0 Å².